The molecule has 0 spiro atoms. The first kappa shape index (κ1) is 16.3. The molecule has 2 aliphatic carbocycles. The van der Waals surface area contributed by atoms with Crippen LogP contribution in [0.2, 0.25) is 0 Å². The second kappa shape index (κ2) is 5.81. The number of aliphatic hydroxyl groups excluding tert-OH is 1. The number of aliphatic hydroxyl groups is 1. The van der Waals surface area contributed by atoms with E-state index < -0.39 is 6.10 Å². The van der Waals surface area contributed by atoms with E-state index in [-0.39, 0.29) is 17.3 Å². The number of fused-ring (bicyclic) bond motifs is 5. The minimum absolute atomic E-state index is 0.0913. The Morgan fingerprint density at radius 2 is 2.04 bits per heavy atom. The zero-order valence-corrected chi connectivity index (χ0v) is 14.9. The minimum atomic E-state index is -0.523. The molecule has 5 rings (SSSR count). The Morgan fingerprint density at radius 3 is 2.85 bits per heavy atom. The van der Waals surface area contributed by atoms with E-state index in [1.54, 1.807) is 12.1 Å². The number of benzene rings is 2. The molecule has 4 atom stereocenters. The van der Waals surface area contributed by atoms with Crippen molar-refractivity contribution in [3.63, 3.8) is 0 Å². The third kappa shape index (κ3) is 2.26. The van der Waals surface area contributed by atoms with Gasteiger partial charge in [-0.05, 0) is 52.4 Å². The molecular weight excluding hydrogens is 328 g/mol. The van der Waals surface area contributed by atoms with Crippen LogP contribution in [0.25, 0.3) is 16.3 Å². The van der Waals surface area contributed by atoms with Crippen LogP contribution in [0.5, 0.6) is 5.75 Å². The van der Waals surface area contributed by atoms with E-state index >= 15 is 0 Å². The van der Waals surface area contributed by atoms with Gasteiger partial charge in [0.25, 0.3) is 0 Å². The molecule has 0 amide bonds. The normalized spacial score (nSPS) is 33.6. The van der Waals surface area contributed by atoms with Crippen LogP contribution < -0.4 is 0 Å². The van der Waals surface area contributed by atoms with Crippen LogP contribution in [0.3, 0.4) is 0 Å². The van der Waals surface area contributed by atoms with Crippen molar-refractivity contribution in [2.45, 2.75) is 32.0 Å². The maximum Gasteiger partial charge on any atom is 0.116 e. The topological polar surface area (TPSA) is 58.9 Å². The third-order valence-electron chi connectivity index (χ3n) is 6.59. The molecule has 0 radical (unpaired) electrons. The molecule has 0 saturated carbocycles. The van der Waals surface area contributed by atoms with Crippen molar-refractivity contribution < 1.29 is 19.7 Å². The zero-order valence-electron chi connectivity index (χ0n) is 14.9. The average Bonchev–Trinajstić information content (AvgIpc) is 2.98. The second-order valence-corrected chi connectivity index (χ2v) is 8.01. The number of ether oxygens (including phenoxy) is 2. The number of phenolic OH excluding ortho intramolecular Hbond substituents is 1. The van der Waals surface area contributed by atoms with Gasteiger partial charge >= 0.3 is 0 Å². The summed E-state index contributed by atoms with van der Waals surface area (Å²) in [6.07, 6.45) is 3.55. The summed E-state index contributed by atoms with van der Waals surface area (Å²) in [6, 6.07) is 9.52. The van der Waals surface area contributed by atoms with Gasteiger partial charge < -0.3 is 19.7 Å². The van der Waals surface area contributed by atoms with Crippen LogP contribution in [0, 0.1) is 11.3 Å². The lowest BCUT2D eigenvalue weighted by Crippen LogP contribution is -2.43. The summed E-state index contributed by atoms with van der Waals surface area (Å²) < 4.78 is 11.7. The maximum atomic E-state index is 11.1. The van der Waals surface area contributed by atoms with E-state index in [1.165, 1.54) is 5.57 Å². The molecule has 136 valence electrons. The van der Waals surface area contributed by atoms with E-state index in [4.69, 9.17) is 9.47 Å². The summed E-state index contributed by atoms with van der Waals surface area (Å²) in [5, 5.41) is 22.9. The Balaban J connectivity index is 1.61. The standard InChI is InChI=1S/C22H24O4/c1-22-11-19(24)21-15-5-3-14(23)10-13(15)2-4-16(21)17(22)6-7-18(22)20-12-25-8-9-26-20/h2-6,10,18-20,23-24H,7-9,11-12H2,1H3/t18-,19+,20?,22+/m1/s1. The lowest BCUT2D eigenvalue weighted by Gasteiger charge is -2.45. The molecule has 2 aromatic carbocycles. The van der Waals surface area contributed by atoms with Crippen LogP contribution >= 0.6 is 0 Å². The van der Waals surface area contributed by atoms with Gasteiger partial charge in [-0.25, -0.2) is 0 Å². The van der Waals surface area contributed by atoms with Crippen molar-refractivity contribution in [1.82, 2.24) is 0 Å². The SMILES string of the molecule is C[C@]12C[C@H](O)c3c(ccc4cc(O)ccc34)C1=CC[C@@H]2C1COCCO1. The van der Waals surface area contributed by atoms with Gasteiger partial charge in [-0.1, -0.05) is 31.2 Å². The highest BCUT2D eigenvalue weighted by molar-refractivity contribution is 5.93. The third-order valence-corrected chi connectivity index (χ3v) is 6.59. The first-order chi connectivity index (χ1) is 12.6. The van der Waals surface area contributed by atoms with Gasteiger partial charge in [0, 0.05) is 11.3 Å². The van der Waals surface area contributed by atoms with Crippen molar-refractivity contribution in [2.24, 2.45) is 11.3 Å². The summed E-state index contributed by atoms with van der Waals surface area (Å²) in [4.78, 5) is 0. The van der Waals surface area contributed by atoms with Crippen LogP contribution in [-0.2, 0) is 9.47 Å². The monoisotopic (exact) mass is 352 g/mol. The van der Waals surface area contributed by atoms with Gasteiger partial charge in [0.2, 0.25) is 0 Å². The lowest BCUT2D eigenvalue weighted by atomic mass is 9.63. The van der Waals surface area contributed by atoms with Crippen LogP contribution in [0.1, 0.15) is 37.0 Å². The van der Waals surface area contributed by atoms with Crippen molar-refractivity contribution in [3.05, 3.63) is 47.5 Å². The molecule has 0 bridgehead atoms. The molecular formula is C22H24O4. The first-order valence-electron chi connectivity index (χ1n) is 9.42. The molecule has 3 aliphatic rings. The first-order valence-corrected chi connectivity index (χ1v) is 9.42. The highest BCUT2D eigenvalue weighted by Gasteiger charge is 2.50. The molecule has 2 aromatic rings. The highest BCUT2D eigenvalue weighted by atomic mass is 16.6. The Bertz CT molecular complexity index is 896. The van der Waals surface area contributed by atoms with Gasteiger partial charge in [-0.2, -0.15) is 0 Å². The van der Waals surface area contributed by atoms with E-state index in [1.807, 2.05) is 12.1 Å². The van der Waals surface area contributed by atoms with Gasteiger partial charge in [0.15, 0.2) is 0 Å². The number of allylic oxidation sites excluding steroid dienone is 2. The largest absolute Gasteiger partial charge is 0.508 e. The fourth-order valence-electron chi connectivity index (χ4n) is 5.36. The zero-order chi connectivity index (χ0) is 17.9. The Hall–Kier alpha value is -1.88. The predicted octanol–water partition coefficient (Wildman–Crippen LogP) is 3.81. The predicted molar refractivity (Wildman–Crippen MR) is 99.9 cm³/mol. The number of aromatic hydroxyl groups is 1. The molecule has 2 N–H and O–H groups in total. The van der Waals surface area contributed by atoms with E-state index in [0.717, 1.165) is 28.3 Å². The number of hydrogen-bond donors (Lipinski definition) is 2. The molecule has 1 heterocycles. The fourth-order valence-corrected chi connectivity index (χ4v) is 5.36. The fraction of sp³-hybridized carbons (Fsp3) is 0.455. The van der Waals surface area contributed by atoms with E-state index in [2.05, 4.69) is 19.1 Å². The molecule has 1 aliphatic heterocycles. The summed E-state index contributed by atoms with van der Waals surface area (Å²) in [7, 11) is 0. The highest BCUT2D eigenvalue weighted by Crippen LogP contribution is 2.59. The quantitative estimate of drug-likeness (QED) is 0.819. The Morgan fingerprint density at radius 1 is 1.15 bits per heavy atom. The number of phenols is 1. The molecule has 1 saturated heterocycles. The van der Waals surface area contributed by atoms with E-state index in [9.17, 15) is 10.2 Å². The molecule has 1 unspecified atom stereocenters. The van der Waals surface area contributed by atoms with Crippen molar-refractivity contribution in [2.75, 3.05) is 19.8 Å². The smallest absolute Gasteiger partial charge is 0.116 e. The molecule has 4 heteroatoms. The van der Waals surface area contributed by atoms with Crippen LogP contribution in [0.15, 0.2) is 36.4 Å². The second-order valence-electron chi connectivity index (χ2n) is 8.01. The number of hydrogen-bond acceptors (Lipinski definition) is 4. The molecule has 0 aromatic heterocycles. The number of rotatable bonds is 1. The van der Waals surface area contributed by atoms with Crippen molar-refractivity contribution >= 4 is 16.3 Å². The molecule has 26 heavy (non-hydrogen) atoms. The Labute approximate surface area is 153 Å². The van der Waals surface area contributed by atoms with Crippen LogP contribution in [-0.4, -0.2) is 36.1 Å². The summed E-state index contributed by atoms with van der Waals surface area (Å²) in [5.41, 5.74) is 3.35. The van der Waals surface area contributed by atoms with Gasteiger partial charge in [-0.3, -0.25) is 0 Å². The molecule has 4 nitrogen and oxygen atoms in total. The van der Waals surface area contributed by atoms with Crippen molar-refractivity contribution in [3.8, 4) is 5.75 Å². The Kier molecular flexibility index (Phi) is 3.64. The van der Waals surface area contributed by atoms with E-state index in [0.29, 0.717) is 32.2 Å². The lowest BCUT2D eigenvalue weighted by molar-refractivity contribution is -0.126. The van der Waals surface area contributed by atoms with Crippen LogP contribution in [0.4, 0.5) is 0 Å². The molecule has 1 fully saturated rings. The average molecular weight is 352 g/mol. The van der Waals surface area contributed by atoms with Crippen molar-refractivity contribution in [1.29, 1.82) is 0 Å². The van der Waals surface area contributed by atoms with Gasteiger partial charge in [0.1, 0.15) is 5.75 Å². The summed E-state index contributed by atoms with van der Waals surface area (Å²) in [5.74, 6) is 0.582. The summed E-state index contributed by atoms with van der Waals surface area (Å²) in [6.45, 7) is 4.23. The summed E-state index contributed by atoms with van der Waals surface area (Å²) >= 11 is 0. The van der Waals surface area contributed by atoms with Gasteiger partial charge in [0.05, 0.1) is 32.0 Å². The maximum absolute atomic E-state index is 11.1. The van der Waals surface area contributed by atoms with Gasteiger partial charge in [-0.15, -0.1) is 0 Å². The minimum Gasteiger partial charge on any atom is -0.508 e.